The average molecular weight is 441 g/mol. The van der Waals surface area contributed by atoms with Gasteiger partial charge in [-0.2, -0.15) is 5.26 Å². The van der Waals surface area contributed by atoms with Gasteiger partial charge in [0.1, 0.15) is 23.3 Å². The van der Waals surface area contributed by atoms with Gasteiger partial charge in [0.25, 0.3) is 0 Å². The first-order chi connectivity index (χ1) is 16.2. The zero-order valence-corrected chi connectivity index (χ0v) is 18.2. The van der Waals surface area contributed by atoms with Gasteiger partial charge in [-0.3, -0.25) is 9.69 Å². The van der Waals surface area contributed by atoms with Crippen molar-refractivity contribution in [3.8, 4) is 17.6 Å². The summed E-state index contributed by atoms with van der Waals surface area (Å²) >= 11 is 0. The van der Waals surface area contributed by atoms with E-state index in [0.717, 1.165) is 43.4 Å². The van der Waals surface area contributed by atoms with E-state index in [1.807, 2.05) is 59.5 Å². The van der Waals surface area contributed by atoms with Crippen LogP contribution in [0.1, 0.15) is 12.1 Å². The number of piperazine rings is 1. The SMILES string of the molecule is N#Cc1ccnc(N2CCN(C3CC(=O)N(c4ccc(Oc5ccccc5)cc4)C3)CC2)n1. The molecule has 0 bridgehead atoms. The number of carbonyl (C=O) groups is 1. The molecule has 0 saturated carbocycles. The fraction of sp³-hybridized carbons (Fsp3) is 0.280. The van der Waals surface area contributed by atoms with Crippen LogP contribution in [0.4, 0.5) is 11.6 Å². The number of nitriles is 1. The molecule has 33 heavy (non-hydrogen) atoms. The van der Waals surface area contributed by atoms with E-state index in [4.69, 9.17) is 10.00 Å². The maximum absolute atomic E-state index is 12.8. The third-order valence-corrected chi connectivity index (χ3v) is 6.10. The van der Waals surface area contributed by atoms with Gasteiger partial charge >= 0.3 is 0 Å². The maximum Gasteiger partial charge on any atom is 0.228 e. The summed E-state index contributed by atoms with van der Waals surface area (Å²) in [6, 6.07) is 21.2. The Balaban J connectivity index is 1.18. The van der Waals surface area contributed by atoms with Crippen LogP contribution in [0.5, 0.6) is 11.5 Å². The average Bonchev–Trinajstić information content (AvgIpc) is 3.27. The molecule has 166 valence electrons. The number of hydrogen-bond donors (Lipinski definition) is 0. The minimum atomic E-state index is 0.143. The number of benzene rings is 2. The van der Waals surface area contributed by atoms with Crippen molar-refractivity contribution in [3.63, 3.8) is 0 Å². The highest BCUT2D eigenvalue weighted by atomic mass is 16.5. The fourth-order valence-electron chi connectivity index (χ4n) is 4.35. The molecular formula is C25H24N6O2. The second kappa shape index (κ2) is 9.27. The number of aromatic nitrogens is 2. The van der Waals surface area contributed by atoms with Gasteiger partial charge in [0.15, 0.2) is 0 Å². The summed E-state index contributed by atoms with van der Waals surface area (Å²) < 4.78 is 5.86. The minimum absolute atomic E-state index is 0.143. The molecule has 1 atom stereocenters. The molecule has 1 amide bonds. The normalized spacial score (nSPS) is 18.9. The van der Waals surface area contributed by atoms with Crippen LogP contribution < -0.4 is 14.5 Å². The molecule has 5 rings (SSSR count). The standard InChI is InChI=1S/C25H24N6O2/c26-17-19-10-11-27-25(28-19)30-14-12-29(13-15-30)21-16-24(32)31(18-21)20-6-8-23(9-7-20)33-22-4-2-1-3-5-22/h1-11,21H,12-16,18H2. The number of nitrogens with zero attached hydrogens (tertiary/aromatic N) is 6. The van der Waals surface area contributed by atoms with Crippen LogP contribution in [0, 0.1) is 11.3 Å². The molecule has 2 aliphatic heterocycles. The van der Waals surface area contributed by atoms with Crippen molar-refractivity contribution in [2.75, 3.05) is 42.5 Å². The molecule has 8 heteroatoms. The summed E-state index contributed by atoms with van der Waals surface area (Å²) in [7, 11) is 0. The molecular weight excluding hydrogens is 416 g/mol. The predicted molar refractivity (Wildman–Crippen MR) is 124 cm³/mol. The third kappa shape index (κ3) is 4.64. The van der Waals surface area contributed by atoms with Gasteiger partial charge in [-0.05, 0) is 42.5 Å². The lowest BCUT2D eigenvalue weighted by molar-refractivity contribution is -0.117. The van der Waals surface area contributed by atoms with Crippen LogP contribution >= 0.6 is 0 Å². The second-order valence-corrected chi connectivity index (χ2v) is 8.15. The maximum atomic E-state index is 12.8. The Morgan fingerprint density at radius 3 is 2.39 bits per heavy atom. The molecule has 2 fully saturated rings. The van der Waals surface area contributed by atoms with Gasteiger partial charge in [0, 0.05) is 57.1 Å². The molecule has 0 spiro atoms. The van der Waals surface area contributed by atoms with Crippen molar-refractivity contribution in [2.24, 2.45) is 0 Å². The highest BCUT2D eigenvalue weighted by Gasteiger charge is 2.35. The van der Waals surface area contributed by atoms with E-state index in [2.05, 4.69) is 25.8 Å². The molecule has 0 aliphatic carbocycles. The molecule has 0 radical (unpaired) electrons. The monoisotopic (exact) mass is 440 g/mol. The molecule has 3 aromatic rings. The van der Waals surface area contributed by atoms with Gasteiger partial charge < -0.3 is 14.5 Å². The fourth-order valence-corrected chi connectivity index (χ4v) is 4.35. The van der Waals surface area contributed by atoms with Crippen LogP contribution in [0.15, 0.2) is 66.9 Å². The molecule has 2 aliphatic rings. The Bertz CT molecular complexity index is 1150. The van der Waals surface area contributed by atoms with Gasteiger partial charge in [-0.15, -0.1) is 0 Å². The second-order valence-electron chi connectivity index (χ2n) is 8.15. The number of carbonyl (C=O) groups excluding carboxylic acids is 1. The molecule has 0 N–H and O–H groups in total. The largest absolute Gasteiger partial charge is 0.457 e. The highest BCUT2D eigenvalue weighted by molar-refractivity contribution is 5.96. The number of rotatable bonds is 5. The molecule has 8 nitrogen and oxygen atoms in total. The van der Waals surface area contributed by atoms with Crippen molar-refractivity contribution in [1.29, 1.82) is 5.26 Å². The van der Waals surface area contributed by atoms with E-state index in [1.54, 1.807) is 12.3 Å². The van der Waals surface area contributed by atoms with E-state index < -0.39 is 0 Å². The molecule has 3 heterocycles. The first-order valence-corrected chi connectivity index (χ1v) is 11.0. The Kier molecular flexibility index (Phi) is 5.87. The minimum Gasteiger partial charge on any atom is -0.457 e. The summed E-state index contributed by atoms with van der Waals surface area (Å²) in [5.41, 5.74) is 1.27. The van der Waals surface area contributed by atoms with Crippen LogP contribution in [0.25, 0.3) is 0 Å². The van der Waals surface area contributed by atoms with E-state index in [1.165, 1.54) is 0 Å². The van der Waals surface area contributed by atoms with Gasteiger partial charge in [0.2, 0.25) is 11.9 Å². The summed E-state index contributed by atoms with van der Waals surface area (Å²) in [6.07, 6.45) is 2.14. The van der Waals surface area contributed by atoms with E-state index in [9.17, 15) is 4.79 Å². The van der Waals surface area contributed by atoms with Gasteiger partial charge in [0.05, 0.1) is 0 Å². The quantitative estimate of drug-likeness (QED) is 0.603. The van der Waals surface area contributed by atoms with Crippen LogP contribution in [-0.4, -0.2) is 59.5 Å². The van der Waals surface area contributed by atoms with E-state index in [-0.39, 0.29) is 11.9 Å². The topological polar surface area (TPSA) is 85.6 Å². The smallest absolute Gasteiger partial charge is 0.228 e. The number of amides is 1. The van der Waals surface area contributed by atoms with Crippen molar-refractivity contribution < 1.29 is 9.53 Å². The Morgan fingerprint density at radius 2 is 1.67 bits per heavy atom. The van der Waals surface area contributed by atoms with E-state index >= 15 is 0 Å². The van der Waals surface area contributed by atoms with E-state index in [0.29, 0.717) is 24.6 Å². The number of anilines is 2. The number of hydrogen-bond acceptors (Lipinski definition) is 7. The summed E-state index contributed by atoms with van der Waals surface area (Å²) in [4.78, 5) is 27.7. The van der Waals surface area contributed by atoms with Gasteiger partial charge in [-0.25, -0.2) is 9.97 Å². The van der Waals surface area contributed by atoms with Gasteiger partial charge in [-0.1, -0.05) is 18.2 Å². The highest BCUT2D eigenvalue weighted by Crippen LogP contribution is 2.28. The molecule has 1 unspecified atom stereocenters. The van der Waals surface area contributed by atoms with Crippen LogP contribution in [-0.2, 0) is 4.79 Å². The Morgan fingerprint density at radius 1 is 0.939 bits per heavy atom. The summed E-state index contributed by atoms with van der Waals surface area (Å²) in [6.45, 7) is 3.87. The molecule has 1 aromatic heterocycles. The zero-order valence-electron chi connectivity index (χ0n) is 18.2. The number of ether oxygens (including phenoxy) is 1. The van der Waals surface area contributed by atoms with Crippen molar-refractivity contribution in [3.05, 3.63) is 72.6 Å². The predicted octanol–water partition coefficient (Wildman–Crippen LogP) is 3.07. The number of para-hydroxylation sites is 1. The van der Waals surface area contributed by atoms with Crippen LogP contribution in [0.3, 0.4) is 0 Å². The van der Waals surface area contributed by atoms with Crippen molar-refractivity contribution in [1.82, 2.24) is 14.9 Å². The molecule has 2 saturated heterocycles. The van der Waals surface area contributed by atoms with Crippen molar-refractivity contribution >= 4 is 17.5 Å². The summed E-state index contributed by atoms with van der Waals surface area (Å²) in [5, 5.41) is 9.06. The first kappa shape index (κ1) is 20.9. The first-order valence-electron chi connectivity index (χ1n) is 11.0. The Labute approximate surface area is 192 Å². The Hall–Kier alpha value is -3.96. The third-order valence-electron chi connectivity index (χ3n) is 6.10. The lowest BCUT2D eigenvalue weighted by Gasteiger charge is -2.37. The summed E-state index contributed by atoms with van der Waals surface area (Å²) in [5.74, 6) is 2.26. The van der Waals surface area contributed by atoms with Crippen LogP contribution in [0.2, 0.25) is 0 Å². The molecule has 2 aromatic carbocycles. The zero-order chi connectivity index (χ0) is 22.6. The lowest BCUT2D eigenvalue weighted by Crippen LogP contribution is -2.51. The lowest BCUT2D eigenvalue weighted by atomic mass is 10.2. The van der Waals surface area contributed by atoms with Crippen molar-refractivity contribution in [2.45, 2.75) is 12.5 Å².